The molecule has 20 nitrogen and oxygen atoms in total. The van der Waals surface area contributed by atoms with E-state index in [2.05, 4.69) is 29.9 Å². The van der Waals surface area contributed by atoms with Gasteiger partial charge in [0.1, 0.15) is 42.6 Å². The number of hydrogen-bond acceptors (Lipinski definition) is 18. The van der Waals surface area contributed by atoms with Crippen molar-refractivity contribution in [1.82, 2.24) is 39.0 Å². The number of H-pyrrole nitrogens is 1. The van der Waals surface area contributed by atoms with Crippen LogP contribution in [0.15, 0.2) is 35.3 Å². The van der Waals surface area contributed by atoms with E-state index < -0.39 is 74.5 Å². The maximum absolute atomic E-state index is 16.2. The summed E-state index contributed by atoms with van der Waals surface area (Å²) in [5.41, 5.74) is 9.40. The number of hydrogen-bond donors (Lipinski definition) is 5. The molecule has 25 heteroatoms. The topological polar surface area (TPSA) is 272 Å². The van der Waals surface area contributed by atoms with E-state index in [-0.39, 0.29) is 39.9 Å². The van der Waals surface area contributed by atoms with Crippen molar-refractivity contribution >= 4 is 70.8 Å². The zero-order valence-corrected chi connectivity index (χ0v) is 27.5. The van der Waals surface area contributed by atoms with Crippen molar-refractivity contribution < 1.29 is 46.5 Å². The minimum Gasteiger partial charge on any atom is -0.465 e. The molecule has 0 aromatic carbocycles. The van der Waals surface area contributed by atoms with Crippen LogP contribution in [-0.2, 0) is 43.9 Å². The largest absolute Gasteiger partial charge is 0.465 e. The molecule has 1 fully saturated rings. The van der Waals surface area contributed by atoms with Crippen LogP contribution in [0.3, 0.4) is 0 Å². The standard InChI is InChI=1S/C22H25FN10O10P2S2/c1-22-4-39-45(37,47-2)43-12-8(40-19(9(12)23)32-6-28-10-15(24)26-5-27-16(10)32)3-38-44(36,46)42-13(14(22)34)20(41-22)33-7-29-11-17(33)30-21(25)31-18(11)35/h5-7,9,13-14,19-20,34H,3-4H2,1-2H3,(H,36,46)(H2,24,26,27)(H3,25,30,31,35)/t9?,13?,14?,19-,20?,22?,44?,45?/m1/s1. The number of nitrogens with two attached hydrogens (primary N) is 2. The number of halogens is 1. The molecule has 1 saturated heterocycles. The predicted octanol–water partition coefficient (Wildman–Crippen LogP) is 0.987. The Morgan fingerprint density at radius 3 is 2.62 bits per heavy atom. The molecular weight excluding hydrogens is 709 g/mol. The molecule has 8 atom stereocenters. The highest BCUT2D eigenvalue weighted by Gasteiger charge is 2.57. The third kappa shape index (κ3) is 5.49. The second-order valence-electron chi connectivity index (χ2n) is 10.6. The van der Waals surface area contributed by atoms with Crippen LogP contribution >= 0.6 is 24.9 Å². The van der Waals surface area contributed by atoms with Crippen molar-refractivity contribution in [1.29, 1.82) is 0 Å². The molecule has 0 spiro atoms. The van der Waals surface area contributed by atoms with Gasteiger partial charge in [0, 0.05) is 0 Å². The first-order chi connectivity index (χ1) is 22.2. The first kappa shape index (κ1) is 32.3. The molecule has 7 heterocycles. The maximum atomic E-state index is 16.2. The number of aromatic amines is 1. The Labute approximate surface area is 271 Å². The number of alkyl halides is 1. The summed E-state index contributed by atoms with van der Waals surface area (Å²) in [5, 5.41) is 11.5. The zero-order chi connectivity index (χ0) is 33.5. The second kappa shape index (κ2) is 11.4. The van der Waals surface area contributed by atoms with E-state index in [1.54, 1.807) is 0 Å². The van der Waals surface area contributed by atoms with Gasteiger partial charge >= 0.3 is 13.5 Å². The highest BCUT2D eigenvalue weighted by Crippen LogP contribution is 2.64. The fourth-order valence-electron chi connectivity index (χ4n) is 5.27. The van der Waals surface area contributed by atoms with E-state index in [4.69, 9.17) is 50.8 Å². The number of aliphatic hydroxyl groups excluding tert-OH is 1. The van der Waals surface area contributed by atoms with E-state index in [1.807, 2.05) is 0 Å². The maximum Gasteiger partial charge on any atom is 0.439 e. The number of aliphatic hydroxyl groups is 1. The molecule has 0 aliphatic carbocycles. The Morgan fingerprint density at radius 1 is 1.15 bits per heavy atom. The number of nitrogen functional groups attached to an aromatic ring is 2. The molecule has 4 aromatic heterocycles. The number of aromatic nitrogens is 8. The quantitative estimate of drug-likeness (QED) is 0.184. The van der Waals surface area contributed by atoms with E-state index >= 15 is 4.39 Å². The molecule has 2 bridgehead atoms. The van der Waals surface area contributed by atoms with Gasteiger partial charge in [0.25, 0.3) is 5.56 Å². The van der Waals surface area contributed by atoms with Crippen molar-refractivity contribution in [3.63, 3.8) is 0 Å². The first-order valence-electron chi connectivity index (χ1n) is 13.4. The summed E-state index contributed by atoms with van der Waals surface area (Å²) >= 11 is 5.90. The van der Waals surface area contributed by atoms with Crippen molar-refractivity contribution in [2.75, 3.05) is 30.9 Å². The number of anilines is 2. The number of fused-ring (bicyclic) bond motifs is 4. The lowest BCUT2D eigenvalue weighted by atomic mass is 9.99. The molecular formula is C22H25FN10O10P2S2. The predicted molar refractivity (Wildman–Crippen MR) is 164 cm³/mol. The molecule has 0 saturated carbocycles. The molecule has 7 rings (SSSR count). The van der Waals surface area contributed by atoms with E-state index in [0.717, 1.165) is 6.33 Å². The minimum atomic E-state index is -4.33. The summed E-state index contributed by atoms with van der Waals surface area (Å²) in [7, 11) is 0. The van der Waals surface area contributed by atoms with E-state index in [1.165, 1.54) is 35.0 Å². The molecule has 47 heavy (non-hydrogen) atoms. The Hall–Kier alpha value is -3.24. The van der Waals surface area contributed by atoms with Gasteiger partial charge in [-0.3, -0.25) is 28.0 Å². The van der Waals surface area contributed by atoms with Crippen LogP contribution in [0.2, 0.25) is 0 Å². The summed E-state index contributed by atoms with van der Waals surface area (Å²) in [4.78, 5) is 46.2. The summed E-state index contributed by atoms with van der Waals surface area (Å²) in [6.07, 6.45) is -3.12. The van der Waals surface area contributed by atoms with Gasteiger partial charge in [0.05, 0.1) is 12.9 Å². The Bertz CT molecular complexity index is 2100. The minimum absolute atomic E-state index is 0.0400. The van der Waals surface area contributed by atoms with Gasteiger partial charge < -0.3 is 40.0 Å². The van der Waals surface area contributed by atoms with Crippen LogP contribution < -0.4 is 17.0 Å². The number of ether oxygens (including phenoxy) is 2. The van der Waals surface area contributed by atoms with Gasteiger partial charge in [0.15, 0.2) is 40.4 Å². The van der Waals surface area contributed by atoms with Gasteiger partial charge in [-0.2, -0.15) is 4.98 Å². The molecule has 3 aliphatic heterocycles. The SMILES string of the molecule is CSP1(=O)OCC2(C)OC(n3cnc4c(=O)[nH]c(N)nc43)C(OP(O)(=S)OCC3=C(O1)C(F)[C@H](n1cnc4c(N)ncnc41)O3)C2O. The fourth-order valence-corrected chi connectivity index (χ4v) is 8.62. The average Bonchev–Trinajstić information content (AvgIpc) is 3.77. The molecule has 7 N–H and O–H groups in total. The molecule has 7 unspecified atom stereocenters. The molecule has 252 valence electrons. The lowest BCUT2D eigenvalue weighted by Gasteiger charge is -2.29. The van der Waals surface area contributed by atoms with Crippen LogP contribution in [-0.4, -0.2) is 92.5 Å². The van der Waals surface area contributed by atoms with Gasteiger partial charge in [0.2, 0.25) is 18.3 Å². The summed E-state index contributed by atoms with van der Waals surface area (Å²) in [5.74, 6) is -1.09. The van der Waals surface area contributed by atoms with Gasteiger partial charge in [-0.1, -0.05) is 0 Å². The Kier molecular flexibility index (Phi) is 7.86. The lowest BCUT2D eigenvalue weighted by molar-refractivity contribution is -0.111. The van der Waals surface area contributed by atoms with E-state index in [9.17, 15) is 19.4 Å². The van der Waals surface area contributed by atoms with Crippen LogP contribution in [0.1, 0.15) is 19.4 Å². The first-order valence-corrected chi connectivity index (χ1v) is 19.4. The second-order valence-corrected chi connectivity index (χ2v) is 17.6. The normalized spacial score (nSPS) is 34.8. The van der Waals surface area contributed by atoms with Crippen molar-refractivity contribution in [3.05, 3.63) is 40.9 Å². The highest BCUT2D eigenvalue weighted by molar-refractivity contribution is 8.54. The molecule has 4 aromatic rings. The zero-order valence-electron chi connectivity index (χ0n) is 24.1. The lowest BCUT2D eigenvalue weighted by Crippen LogP contribution is -2.44. The monoisotopic (exact) mass is 734 g/mol. The van der Waals surface area contributed by atoms with Gasteiger partial charge in [-0.05, 0) is 36.4 Å². The summed E-state index contributed by atoms with van der Waals surface area (Å²) < 4.78 is 67.3. The van der Waals surface area contributed by atoms with Gasteiger partial charge in [-0.15, -0.1) is 0 Å². The number of nitrogens with zero attached hydrogens (tertiary/aromatic N) is 7. The van der Waals surface area contributed by atoms with Crippen LogP contribution in [0, 0.1) is 0 Å². The van der Waals surface area contributed by atoms with Crippen LogP contribution in [0.4, 0.5) is 16.2 Å². The van der Waals surface area contributed by atoms with Crippen LogP contribution in [0.25, 0.3) is 22.3 Å². The smallest absolute Gasteiger partial charge is 0.439 e. The molecule has 3 aliphatic rings. The van der Waals surface area contributed by atoms with Crippen molar-refractivity contribution in [3.8, 4) is 0 Å². The summed E-state index contributed by atoms with van der Waals surface area (Å²) in [6, 6.07) is 0. The van der Waals surface area contributed by atoms with Crippen molar-refractivity contribution in [2.45, 2.75) is 43.4 Å². The molecule has 0 amide bonds. The average molecular weight is 735 g/mol. The summed E-state index contributed by atoms with van der Waals surface area (Å²) in [6.45, 7) is -8.55. The van der Waals surface area contributed by atoms with Crippen LogP contribution in [0.5, 0.6) is 0 Å². The van der Waals surface area contributed by atoms with Crippen molar-refractivity contribution in [2.24, 2.45) is 0 Å². The van der Waals surface area contributed by atoms with Gasteiger partial charge in [-0.25, -0.2) is 28.9 Å². The third-order valence-electron chi connectivity index (χ3n) is 7.59. The fraction of sp³-hybridized carbons (Fsp3) is 0.455. The Morgan fingerprint density at radius 2 is 1.87 bits per heavy atom. The van der Waals surface area contributed by atoms with E-state index in [0.29, 0.717) is 11.4 Å². The number of imidazole rings is 2. The Balaban J connectivity index is 1.26. The number of nitrogens with one attached hydrogen (secondary N) is 1. The number of rotatable bonds is 3. The third-order valence-corrected chi connectivity index (χ3v) is 12.3. The molecule has 0 radical (unpaired) electrons. The highest BCUT2D eigenvalue weighted by atomic mass is 32.7.